The molecule has 0 aliphatic carbocycles. The Labute approximate surface area is 183 Å². The second-order valence-electron chi connectivity index (χ2n) is 5.57. The Morgan fingerprint density at radius 1 is 1.00 bits per heavy atom. The number of aromatic nitrogens is 1. The summed E-state index contributed by atoms with van der Waals surface area (Å²) in [4.78, 5) is 16.3. The molecular weight excluding hydrogens is 534 g/mol. The summed E-state index contributed by atoms with van der Waals surface area (Å²) in [5.41, 5.74) is 0.777. The Hall–Kier alpha value is -1.94. The van der Waals surface area contributed by atoms with Crippen LogP contribution in [0.25, 0.3) is 0 Å². The van der Waals surface area contributed by atoms with Crippen LogP contribution in [0.1, 0.15) is 10.4 Å². The van der Waals surface area contributed by atoms with Gasteiger partial charge in [-0.3, -0.25) is 9.52 Å². The zero-order valence-corrected chi connectivity index (χ0v) is 18.7. The van der Waals surface area contributed by atoms with Gasteiger partial charge in [0.1, 0.15) is 10.7 Å². The number of nitrogens with one attached hydrogen (secondary N) is 2. The third-order valence-electron chi connectivity index (χ3n) is 3.55. The fourth-order valence-electron chi connectivity index (χ4n) is 2.22. The van der Waals surface area contributed by atoms with E-state index in [9.17, 15) is 13.2 Å². The molecule has 3 aromatic rings. The van der Waals surface area contributed by atoms with Crippen LogP contribution in [0.15, 0.2) is 74.6 Å². The number of halogens is 3. The van der Waals surface area contributed by atoms with Crippen LogP contribution < -0.4 is 10.0 Å². The van der Waals surface area contributed by atoms with Gasteiger partial charge in [0.15, 0.2) is 0 Å². The molecule has 0 saturated carbocycles. The highest BCUT2D eigenvalue weighted by molar-refractivity contribution is 9.10. The number of sulfonamides is 1. The summed E-state index contributed by atoms with van der Waals surface area (Å²) in [6.45, 7) is 0. The average molecular weight is 546 g/mol. The first-order valence-electron chi connectivity index (χ1n) is 7.75. The lowest BCUT2D eigenvalue weighted by atomic mass is 10.2. The highest BCUT2D eigenvalue weighted by atomic mass is 79.9. The maximum atomic E-state index is 12.7. The second kappa shape index (κ2) is 8.60. The minimum absolute atomic E-state index is 0.0901. The normalized spacial score (nSPS) is 11.1. The molecule has 0 atom stereocenters. The molecule has 28 heavy (non-hydrogen) atoms. The maximum Gasteiger partial charge on any atom is 0.264 e. The average Bonchev–Trinajstić information content (AvgIpc) is 2.65. The van der Waals surface area contributed by atoms with E-state index in [1.54, 1.807) is 24.3 Å². The summed E-state index contributed by atoms with van der Waals surface area (Å²) < 4.78 is 29.0. The molecule has 0 aliphatic rings. The lowest BCUT2D eigenvalue weighted by Gasteiger charge is -2.11. The van der Waals surface area contributed by atoms with Crippen molar-refractivity contribution in [2.45, 2.75) is 4.90 Å². The van der Waals surface area contributed by atoms with E-state index in [1.807, 2.05) is 0 Å². The van der Waals surface area contributed by atoms with Gasteiger partial charge in [0.2, 0.25) is 0 Å². The van der Waals surface area contributed by atoms with E-state index in [-0.39, 0.29) is 16.3 Å². The van der Waals surface area contributed by atoms with Crippen LogP contribution in [-0.4, -0.2) is 19.3 Å². The maximum absolute atomic E-state index is 12.7. The molecule has 0 spiro atoms. The number of pyridine rings is 1. The quantitative estimate of drug-likeness (QED) is 0.455. The van der Waals surface area contributed by atoms with Crippen molar-refractivity contribution < 1.29 is 13.2 Å². The lowest BCUT2D eigenvalue weighted by molar-refractivity contribution is 0.102. The highest BCUT2D eigenvalue weighted by Gasteiger charge is 2.21. The van der Waals surface area contributed by atoms with Crippen LogP contribution >= 0.6 is 43.5 Å². The Kier molecular flexibility index (Phi) is 6.39. The van der Waals surface area contributed by atoms with Crippen LogP contribution in [0.4, 0.5) is 11.5 Å². The summed E-state index contributed by atoms with van der Waals surface area (Å²) in [5, 5.41) is 3.11. The molecule has 0 bridgehead atoms. The van der Waals surface area contributed by atoms with Crippen LogP contribution in [0.3, 0.4) is 0 Å². The van der Waals surface area contributed by atoms with Gasteiger partial charge in [-0.25, -0.2) is 13.4 Å². The molecule has 0 aliphatic heterocycles. The summed E-state index contributed by atoms with van der Waals surface area (Å²) >= 11 is 12.3. The van der Waals surface area contributed by atoms with Crippen molar-refractivity contribution in [1.82, 2.24) is 4.98 Å². The van der Waals surface area contributed by atoms with Gasteiger partial charge in [0.25, 0.3) is 15.9 Å². The van der Waals surface area contributed by atoms with Gasteiger partial charge in [0, 0.05) is 26.4 Å². The number of carbonyl (C=O) groups excluding carboxylic acids is 1. The van der Waals surface area contributed by atoms with Crippen molar-refractivity contribution in [3.8, 4) is 0 Å². The zero-order valence-electron chi connectivity index (χ0n) is 14.0. The molecule has 2 N–H and O–H groups in total. The molecule has 1 aromatic heterocycles. The van der Waals surface area contributed by atoms with E-state index in [0.717, 1.165) is 4.47 Å². The van der Waals surface area contributed by atoms with E-state index < -0.39 is 15.9 Å². The Morgan fingerprint density at radius 2 is 1.71 bits per heavy atom. The molecule has 0 saturated heterocycles. The first-order valence-corrected chi connectivity index (χ1v) is 11.2. The second-order valence-corrected chi connectivity index (χ2v) is 9.43. The van der Waals surface area contributed by atoms with Crippen LogP contribution in [0.5, 0.6) is 0 Å². The molecule has 1 amide bonds. The minimum atomic E-state index is -3.98. The topological polar surface area (TPSA) is 88.2 Å². The zero-order chi connectivity index (χ0) is 20.3. The summed E-state index contributed by atoms with van der Waals surface area (Å²) in [6.07, 6.45) is 1.33. The van der Waals surface area contributed by atoms with Crippen LogP contribution in [-0.2, 0) is 10.0 Å². The van der Waals surface area contributed by atoms with Crippen molar-refractivity contribution in [1.29, 1.82) is 0 Å². The number of hydrogen-bond donors (Lipinski definition) is 2. The van der Waals surface area contributed by atoms with Gasteiger partial charge in [-0.05, 0) is 70.5 Å². The van der Waals surface area contributed by atoms with E-state index in [2.05, 4.69) is 46.9 Å². The number of amides is 1. The lowest BCUT2D eigenvalue weighted by Crippen LogP contribution is -2.17. The standard InChI is InChI=1S/C18H12Br2ClN3O3S/c19-12-2-5-14(6-3-12)23-18(25)11-1-7-15(20)16(9-11)28(26,27)24-17-8-4-13(21)10-22-17/h1-10H,(H,22,24)(H,23,25). The molecular formula is C18H12Br2ClN3O3S. The fraction of sp³-hybridized carbons (Fsp3) is 0. The molecule has 1 heterocycles. The highest BCUT2D eigenvalue weighted by Crippen LogP contribution is 2.26. The Bertz CT molecular complexity index is 1120. The smallest absolute Gasteiger partial charge is 0.264 e. The number of rotatable bonds is 5. The predicted molar refractivity (Wildman–Crippen MR) is 116 cm³/mol. The third kappa shape index (κ3) is 5.11. The number of anilines is 2. The SMILES string of the molecule is O=C(Nc1ccc(Br)cc1)c1ccc(Br)c(S(=O)(=O)Nc2ccc(Cl)cn2)c1. The summed E-state index contributed by atoms with van der Waals surface area (Å²) in [7, 11) is -3.98. The molecule has 144 valence electrons. The first-order chi connectivity index (χ1) is 13.2. The van der Waals surface area contributed by atoms with E-state index in [1.165, 1.54) is 36.5 Å². The monoisotopic (exact) mass is 543 g/mol. The first kappa shape index (κ1) is 20.8. The molecule has 0 fully saturated rings. The van der Waals surface area contributed by atoms with Gasteiger partial charge in [-0.1, -0.05) is 27.5 Å². The molecule has 0 unspecified atom stereocenters. The third-order valence-corrected chi connectivity index (χ3v) is 6.65. The molecule has 0 radical (unpaired) electrons. The molecule has 10 heteroatoms. The van der Waals surface area contributed by atoms with Crippen LogP contribution in [0, 0.1) is 0 Å². The van der Waals surface area contributed by atoms with Gasteiger partial charge < -0.3 is 5.32 Å². The van der Waals surface area contributed by atoms with Crippen molar-refractivity contribution in [2.24, 2.45) is 0 Å². The van der Waals surface area contributed by atoms with Gasteiger partial charge in [0.05, 0.1) is 5.02 Å². The summed E-state index contributed by atoms with van der Waals surface area (Å²) in [6, 6.07) is 14.3. The predicted octanol–water partition coefficient (Wildman–Crippen LogP) is 5.31. The molecule has 6 nitrogen and oxygen atoms in total. The van der Waals surface area contributed by atoms with E-state index >= 15 is 0 Å². The number of carbonyl (C=O) groups is 1. The van der Waals surface area contributed by atoms with Crippen molar-refractivity contribution in [3.63, 3.8) is 0 Å². The number of benzene rings is 2. The fourth-order valence-corrected chi connectivity index (χ4v) is 4.59. The van der Waals surface area contributed by atoms with E-state index in [0.29, 0.717) is 15.2 Å². The Morgan fingerprint density at radius 3 is 2.36 bits per heavy atom. The number of hydrogen-bond acceptors (Lipinski definition) is 4. The Balaban J connectivity index is 1.86. The largest absolute Gasteiger partial charge is 0.322 e. The molecule has 2 aromatic carbocycles. The summed E-state index contributed by atoms with van der Waals surface area (Å²) in [5.74, 6) is -0.322. The number of nitrogens with zero attached hydrogens (tertiary/aromatic N) is 1. The van der Waals surface area contributed by atoms with Crippen molar-refractivity contribution >= 4 is 70.9 Å². The minimum Gasteiger partial charge on any atom is -0.322 e. The molecule has 3 rings (SSSR count). The van der Waals surface area contributed by atoms with E-state index in [4.69, 9.17) is 11.6 Å². The van der Waals surface area contributed by atoms with Gasteiger partial charge >= 0.3 is 0 Å². The van der Waals surface area contributed by atoms with Crippen LogP contribution in [0.2, 0.25) is 5.02 Å². The van der Waals surface area contributed by atoms with Crippen molar-refractivity contribution in [3.05, 3.63) is 80.3 Å². The van der Waals surface area contributed by atoms with Gasteiger partial charge in [-0.15, -0.1) is 0 Å². The van der Waals surface area contributed by atoms with Crippen molar-refractivity contribution in [2.75, 3.05) is 10.0 Å². The van der Waals surface area contributed by atoms with Gasteiger partial charge in [-0.2, -0.15) is 0 Å².